The van der Waals surface area contributed by atoms with Gasteiger partial charge in [-0.25, -0.2) is 18.3 Å². The van der Waals surface area contributed by atoms with Gasteiger partial charge in [-0.05, 0) is 55.5 Å². The first-order chi connectivity index (χ1) is 13.5. The minimum absolute atomic E-state index is 0.129. The number of benzene rings is 2. The van der Waals surface area contributed by atoms with E-state index in [9.17, 15) is 13.7 Å². The summed E-state index contributed by atoms with van der Waals surface area (Å²) in [5.41, 5.74) is 1.49. The maximum Gasteiger partial charge on any atom is 0.224 e. The quantitative estimate of drug-likeness (QED) is 0.433. The third-order valence-electron chi connectivity index (χ3n) is 3.66. The van der Waals surface area contributed by atoms with Crippen LogP contribution in [0.5, 0.6) is 5.75 Å². The van der Waals surface area contributed by atoms with Gasteiger partial charge in [-0.1, -0.05) is 0 Å². The van der Waals surface area contributed by atoms with E-state index in [4.69, 9.17) is 0 Å². The van der Waals surface area contributed by atoms with E-state index < -0.39 is 11.0 Å². The van der Waals surface area contributed by atoms with Crippen LogP contribution >= 0.6 is 0 Å². The number of aromatic nitrogens is 2. The lowest BCUT2D eigenvalue weighted by Gasteiger charge is -2.10. The lowest BCUT2D eigenvalue weighted by atomic mass is 10.3. The topological polar surface area (TPSA) is 99.2 Å². The van der Waals surface area contributed by atoms with Crippen molar-refractivity contribution in [2.75, 3.05) is 23.7 Å². The Morgan fingerprint density at radius 3 is 2.46 bits per heavy atom. The highest BCUT2D eigenvalue weighted by molar-refractivity contribution is 7.83. The van der Waals surface area contributed by atoms with Crippen molar-refractivity contribution in [2.45, 2.75) is 11.8 Å². The van der Waals surface area contributed by atoms with Crippen molar-refractivity contribution >= 4 is 28.4 Å². The molecule has 0 aliphatic rings. The lowest BCUT2D eigenvalue weighted by Crippen LogP contribution is -2.25. The number of anilines is 3. The van der Waals surface area contributed by atoms with E-state index in [0.717, 1.165) is 11.4 Å². The summed E-state index contributed by atoms with van der Waals surface area (Å²) < 4.78 is 28.0. The molecule has 3 rings (SSSR count). The molecule has 1 atom stereocenters. The summed E-state index contributed by atoms with van der Waals surface area (Å²) in [4.78, 5) is 9.28. The fourth-order valence-corrected chi connectivity index (χ4v) is 3.20. The molecule has 9 heteroatoms. The molecule has 0 aliphatic carbocycles. The van der Waals surface area contributed by atoms with Crippen LogP contribution in [0.3, 0.4) is 0 Å². The van der Waals surface area contributed by atoms with Crippen molar-refractivity contribution in [3.8, 4) is 5.75 Å². The van der Waals surface area contributed by atoms with Gasteiger partial charge in [-0.3, -0.25) is 0 Å². The van der Waals surface area contributed by atoms with Gasteiger partial charge < -0.3 is 15.7 Å². The molecule has 3 aromatic rings. The molecule has 7 nitrogen and oxygen atoms in total. The average Bonchev–Trinajstić information content (AvgIpc) is 2.67. The zero-order chi connectivity index (χ0) is 19.9. The number of halogens is 1. The number of rotatable bonds is 8. The summed E-state index contributed by atoms with van der Waals surface area (Å²) in [5, 5.41) is 15.4. The van der Waals surface area contributed by atoms with E-state index in [0.29, 0.717) is 29.8 Å². The van der Waals surface area contributed by atoms with E-state index in [1.54, 1.807) is 30.3 Å². The Morgan fingerprint density at radius 1 is 1.04 bits per heavy atom. The first kappa shape index (κ1) is 19.7. The van der Waals surface area contributed by atoms with Crippen molar-refractivity contribution in [1.29, 1.82) is 0 Å². The van der Waals surface area contributed by atoms with Crippen molar-refractivity contribution in [2.24, 2.45) is 0 Å². The van der Waals surface area contributed by atoms with Crippen LogP contribution in [0, 0.1) is 12.7 Å². The third kappa shape index (κ3) is 5.73. The van der Waals surface area contributed by atoms with Gasteiger partial charge in [-0.2, -0.15) is 4.98 Å². The molecule has 4 N–H and O–H groups in total. The van der Waals surface area contributed by atoms with Crippen LogP contribution in [0.15, 0.2) is 59.5 Å². The maximum atomic E-state index is 13.0. The molecule has 0 saturated carbocycles. The third-order valence-corrected chi connectivity index (χ3v) is 4.83. The number of nitrogens with one attached hydrogen (secondary N) is 3. The Bertz CT molecular complexity index is 952. The number of aromatic hydroxyl groups is 1. The van der Waals surface area contributed by atoms with Crippen LogP contribution < -0.4 is 15.4 Å². The van der Waals surface area contributed by atoms with Gasteiger partial charge in [0.05, 0.1) is 4.90 Å². The van der Waals surface area contributed by atoms with Crippen molar-refractivity contribution in [1.82, 2.24) is 14.7 Å². The molecule has 1 unspecified atom stereocenters. The Hall–Kier alpha value is -3.04. The summed E-state index contributed by atoms with van der Waals surface area (Å²) in [5.74, 6) is 0.845. The Labute approximate surface area is 164 Å². The number of hydrogen-bond donors (Lipinski definition) is 4. The molecule has 2 aromatic carbocycles. The predicted octanol–water partition coefficient (Wildman–Crippen LogP) is 3.10. The van der Waals surface area contributed by atoms with Gasteiger partial charge >= 0.3 is 0 Å². The summed E-state index contributed by atoms with van der Waals surface area (Å²) in [7, 11) is -1.37. The second kappa shape index (κ2) is 9.25. The normalized spacial score (nSPS) is 11.8. The molecule has 0 aliphatic heterocycles. The number of hydrogen-bond acceptors (Lipinski definition) is 6. The number of nitrogens with zero attached hydrogens (tertiary/aromatic N) is 2. The molecule has 0 amide bonds. The van der Waals surface area contributed by atoms with Gasteiger partial charge in [0, 0.05) is 30.5 Å². The minimum Gasteiger partial charge on any atom is -0.508 e. The van der Waals surface area contributed by atoms with E-state index in [-0.39, 0.29) is 11.6 Å². The van der Waals surface area contributed by atoms with Crippen LogP contribution in [0.2, 0.25) is 0 Å². The average molecular weight is 401 g/mol. The lowest BCUT2D eigenvalue weighted by molar-refractivity contribution is 0.475. The highest BCUT2D eigenvalue weighted by atomic mass is 32.2. The van der Waals surface area contributed by atoms with Crippen molar-refractivity contribution in [3.05, 3.63) is 66.1 Å². The fourth-order valence-electron chi connectivity index (χ4n) is 2.36. The number of aryl methyl sites for hydroxylation is 1. The summed E-state index contributed by atoms with van der Waals surface area (Å²) in [6, 6.07) is 14.0. The Kier molecular flexibility index (Phi) is 6.51. The minimum atomic E-state index is -1.37. The van der Waals surface area contributed by atoms with E-state index in [1.807, 2.05) is 6.92 Å². The van der Waals surface area contributed by atoms with Gasteiger partial charge in [0.1, 0.15) is 28.4 Å². The van der Waals surface area contributed by atoms with Crippen LogP contribution in [0.25, 0.3) is 0 Å². The highest BCUT2D eigenvalue weighted by Crippen LogP contribution is 2.17. The first-order valence-electron chi connectivity index (χ1n) is 8.56. The first-order valence-corrected chi connectivity index (χ1v) is 9.71. The highest BCUT2D eigenvalue weighted by Gasteiger charge is 2.05. The van der Waals surface area contributed by atoms with Crippen LogP contribution in [-0.4, -0.2) is 32.4 Å². The van der Waals surface area contributed by atoms with Gasteiger partial charge in [0.25, 0.3) is 0 Å². The summed E-state index contributed by atoms with van der Waals surface area (Å²) in [6.45, 7) is 2.73. The molecule has 1 heterocycles. The van der Waals surface area contributed by atoms with Crippen LogP contribution in [0.4, 0.5) is 21.8 Å². The molecule has 0 radical (unpaired) electrons. The van der Waals surface area contributed by atoms with Gasteiger partial charge in [-0.15, -0.1) is 0 Å². The fraction of sp³-hybridized carbons (Fsp3) is 0.158. The molecule has 146 valence electrons. The zero-order valence-corrected chi connectivity index (χ0v) is 16.0. The molecular formula is C19H20FN5O2S. The smallest absolute Gasteiger partial charge is 0.224 e. The summed E-state index contributed by atoms with van der Waals surface area (Å²) in [6.07, 6.45) is 0. The van der Waals surface area contributed by atoms with Gasteiger partial charge in [0.15, 0.2) is 0 Å². The SMILES string of the molecule is Cc1cc(Nc2ccc(F)cc2)nc(NCCNS(=O)c2ccc(O)cc2)n1. The Balaban J connectivity index is 1.52. The van der Waals surface area contributed by atoms with Crippen LogP contribution in [0.1, 0.15) is 5.69 Å². The largest absolute Gasteiger partial charge is 0.508 e. The molecular weight excluding hydrogens is 381 g/mol. The second-order valence-corrected chi connectivity index (χ2v) is 7.23. The Morgan fingerprint density at radius 2 is 1.75 bits per heavy atom. The molecule has 1 aromatic heterocycles. The molecule has 0 bridgehead atoms. The van der Waals surface area contributed by atoms with E-state index >= 15 is 0 Å². The number of phenolic OH excluding ortho intramolecular Hbond substituents is 1. The zero-order valence-electron chi connectivity index (χ0n) is 15.1. The molecule has 0 fully saturated rings. The molecule has 28 heavy (non-hydrogen) atoms. The monoisotopic (exact) mass is 401 g/mol. The van der Waals surface area contributed by atoms with Crippen molar-refractivity contribution in [3.63, 3.8) is 0 Å². The van der Waals surface area contributed by atoms with Gasteiger partial charge in [0.2, 0.25) is 5.95 Å². The molecule has 0 spiro atoms. The van der Waals surface area contributed by atoms with Crippen LogP contribution in [-0.2, 0) is 11.0 Å². The van der Waals surface area contributed by atoms with E-state index in [1.165, 1.54) is 24.3 Å². The molecule has 0 saturated heterocycles. The standard InChI is InChI=1S/C19H20FN5O2S/c1-13-12-18(24-15-4-2-14(20)3-5-15)25-19(23-13)21-10-11-22-28(27)17-8-6-16(26)7-9-17/h2-9,12,22,26H,10-11H2,1H3,(H2,21,23,24,25). The van der Waals surface area contributed by atoms with Crippen molar-refractivity contribution < 1.29 is 13.7 Å². The second-order valence-electron chi connectivity index (χ2n) is 5.93. The number of phenols is 1. The predicted molar refractivity (Wildman–Crippen MR) is 107 cm³/mol. The summed E-state index contributed by atoms with van der Waals surface area (Å²) >= 11 is 0. The maximum absolute atomic E-state index is 13.0. The van der Waals surface area contributed by atoms with E-state index in [2.05, 4.69) is 25.3 Å².